The first-order valence-corrected chi connectivity index (χ1v) is 9.28. The summed E-state index contributed by atoms with van der Waals surface area (Å²) in [5.74, 6) is 0.0340. The van der Waals surface area contributed by atoms with Crippen molar-refractivity contribution in [1.82, 2.24) is 4.98 Å². The first-order chi connectivity index (χ1) is 12.6. The van der Waals surface area contributed by atoms with Crippen LogP contribution in [0.15, 0.2) is 59.1 Å². The maximum absolute atomic E-state index is 12.6. The van der Waals surface area contributed by atoms with Crippen molar-refractivity contribution in [2.45, 2.75) is 13.3 Å². The lowest BCUT2D eigenvalue weighted by Gasteiger charge is -2.00. The van der Waals surface area contributed by atoms with E-state index in [1.807, 2.05) is 55.5 Å². The van der Waals surface area contributed by atoms with Gasteiger partial charge in [-0.2, -0.15) is 0 Å². The highest BCUT2D eigenvalue weighted by Crippen LogP contribution is 2.27. The standard InChI is InChI=1S/C20H15ClN2O2S/c1-12-16-4-2-3-5-17(16)25-18(12)19(24)23-20-22-11-15(26-20)10-13-6-8-14(21)9-7-13/h2-9,11H,10H2,1H3,(H,22,23,24). The SMILES string of the molecule is Cc1c(C(=O)Nc2ncc(Cc3ccc(Cl)cc3)s2)oc2ccccc12. The summed E-state index contributed by atoms with van der Waals surface area (Å²) in [6, 6.07) is 15.3. The number of amides is 1. The van der Waals surface area contributed by atoms with Crippen molar-refractivity contribution in [2.75, 3.05) is 5.32 Å². The minimum Gasteiger partial charge on any atom is -0.451 e. The molecule has 2 aromatic heterocycles. The monoisotopic (exact) mass is 382 g/mol. The van der Waals surface area contributed by atoms with Gasteiger partial charge in [0, 0.05) is 33.5 Å². The van der Waals surface area contributed by atoms with Crippen molar-refractivity contribution < 1.29 is 9.21 Å². The van der Waals surface area contributed by atoms with Crippen molar-refractivity contribution in [3.63, 3.8) is 0 Å². The van der Waals surface area contributed by atoms with Crippen LogP contribution in [-0.2, 0) is 6.42 Å². The van der Waals surface area contributed by atoms with Crippen LogP contribution >= 0.6 is 22.9 Å². The molecule has 0 fully saturated rings. The third-order valence-electron chi connectivity index (χ3n) is 4.12. The van der Waals surface area contributed by atoms with E-state index in [1.54, 1.807) is 6.20 Å². The second kappa shape index (κ2) is 6.94. The third kappa shape index (κ3) is 3.36. The molecular formula is C20H15ClN2O2S. The zero-order chi connectivity index (χ0) is 18.1. The number of anilines is 1. The molecule has 0 atom stereocenters. The van der Waals surface area contributed by atoms with Crippen LogP contribution in [0.1, 0.15) is 26.6 Å². The Morgan fingerprint density at radius 2 is 1.96 bits per heavy atom. The van der Waals surface area contributed by atoms with Gasteiger partial charge in [-0.05, 0) is 30.7 Å². The van der Waals surface area contributed by atoms with Crippen LogP contribution in [0.5, 0.6) is 0 Å². The molecule has 0 spiro atoms. The van der Waals surface area contributed by atoms with Gasteiger partial charge in [-0.1, -0.05) is 41.9 Å². The van der Waals surface area contributed by atoms with Crippen LogP contribution in [-0.4, -0.2) is 10.9 Å². The lowest BCUT2D eigenvalue weighted by Crippen LogP contribution is -2.11. The number of fused-ring (bicyclic) bond motifs is 1. The highest BCUT2D eigenvalue weighted by molar-refractivity contribution is 7.15. The number of halogens is 1. The predicted molar refractivity (Wildman–Crippen MR) is 105 cm³/mol. The lowest BCUT2D eigenvalue weighted by atomic mass is 10.1. The summed E-state index contributed by atoms with van der Waals surface area (Å²) in [4.78, 5) is 17.9. The van der Waals surface area contributed by atoms with Crippen LogP contribution in [0.4, 0.5) is 5.13 Å². The van der Waals surface area contributed by atoms with Gasteiger partial charge in [-0.25, -0.2) is 4.98 Å². The molecule has 4 rings (SSSR count). The number of hydrogen-bond donors (Lipinski definition) is 1. The molecule has 4 nitrogen and oxygen atoms in total. The van der Waals surface area contributed by atoms with E-state index in [1.165, 1.54) is 11.3 Å². The van der Waals surface area contributed by atoms with E-state index in [-0.39, 0.29) is 5.91 Å². The molecule has 0 bridgehead atoms. The quantitative estimate of drug-likeness (QED) is 0.493. The van der Waals surface area contributed by atoms with Gasteiger partial charge in [0.25, 0.3) is 5.91 Å². The summed E-state index contributed by atoms with van der Waals surface area (Å²) in [6.07, 6.45) is 2.52. The molecule has 6 heteroatoms. The normalized spacial score (nSPS) is 11.0. The van der Waals surface area contributed by atoms with Gasteiger partial charge in [0.1, 0.15) is 5.58 Å². The summed E-state index contributed by atoms with van der Waals surface area (Å²) >= 11 is 7.36. The molecule has 1 amide bonds. The van der Waals surface area contributed by atoms with Gasteiger partial charge in [0.2, 0.25) is 0 Å². The van der Waals surface area contributed by atoms with Gasteiger partial charge in [0.05, 0.1) is 0 Å². The molecule has 130 valence electrons. The van der Waals surface area contributed by atoms with Gasteiger partial charge < -0.3 is 4.42 Å². The Morgan fingerprint density at radius 1 is 1.19 bits per heavy atom. The van der Waals surface area contributed by atoms with Gasteiger partial charge in [-0.15, -0.1) is 11.3 Å². The molecule has 0 aliphatic heterocycles. The van der Waals surface area contributed by atoms with Crippen LogP contribution in [0.2, 0.25) is 5.02 Å². The van der Waals surface area contributed by atoms with Crippen molar-refractivity contribution >= 4 is 44.9 Å². The zero-order valence-corrected chi connectivity index (χ0v) is 15.5. The van der Waals surface area contributed by atoms with E-state index in [0.717, 1.165) is 27.8 Å². The Labute approximate surface area is 159 Å². The number of aromatic nitrogens is 1. The number of thiazole rings is 1. The van der Waals surface area contributed by atoms with Crippen LogP contribution in [0, 0.1) is 6.92 Å². The molecular weight excluding hydrogens is 368 g/mol. The van der Waals surface area contributed by atoms with Crippen LogP contribution in [0.25, 0.3) is 11.0 Å². The number of benzene rings is 2. The Kier molecular flexibility index (Phi) is 4.49. The molecule has 2 aromatic carbocycles. The molecule has 4 aromatic rings. The Hall–Kier alpha value is -2.63. The summed E-state index contributed by atoms with van der Waals surface area (Å²) in [5, 5.41) is 5.04. The molecule has 26 heavy (non-hydrogen) atoms. The number of carbonyl (C=O) groups excluding carboxylic acids is 1. The largest absolute Gasteiger partial charge is 0.451 e. The predicted octanol–water partition coefficient (Wildman–Crippen LogP) is 5.69. The number of rotatable bonds is 4. The Balaban J connectivity index is 1.50. The highest BCUT2D eigenvalue weighted by Gasteiger charge is 2.18. The molecule has 0 unspecified atom stereocenters. The average Bonchev–Trinajstić information content (AvgIpc) is 3.22. The van der Waals surface area contributed by atoms with Crippen molar-refractivity contribution in [3.05, 3.63) is 81.5 Å². The summed E-state index contributed by atoms with van der Waals surface area (Å²) in [7, 11) is 0. The molecule has 0 radical (unpaired) electrons. The maximum Gasteiger partial charge on any atom is 0.293 e. The fraction of sp³-hybridized carbons (Fsp3) is 0.100. The number of para-hydroxylation sites is 1. The van der Waals surface area contributed by atoms with E-state index < -0.39 is 0 Å². The van der Waals surface area contributed by atoms with Crippen LogP contribution in [0.3, 0.4) is 0 Å². The maximum atomic E-state index is 12.6. The minimum absolute atomic E-state index is 0.286. The van der Waals surface area contributed by atoms with Crippen LogP contribution < -0.4 is 5.32 Å². The summed E-state index contributed by atoms with van der Waals surface area (Å²) in [6.45, 7) is 1.88. The number of carbonyl (C=O) groups is 1. The molecule has 0 aliphatic carbocycles. The van der Waals surface area contributed by atoms with Crippen molar-refractivity contribution in [3.8, 4) is 0 Å². The van der Waals surface area contributed by atoms with Crippen molar-refractivity contribution in [2.24, 2.45) is 0 Å². The third-order valence-corrected chi connectivity index (χ3v) is 5.28. The first kappa shape index (κ1) is 16.8. The molecule has 2 heterocycles. The van der Waals surface area contributed by atoms with E-state index in [4.69, 9.17) is 16.0 Å². The smallest absolute Gasteiger partial charge is 0.293 e. The Morgan fingerprint density at radius 3 is 2.73 bits per heavy atom. The summed E-state index contributed by atoms with van der Waals surface area (Å²) < 4.78 is 5.70. The van der Waals surface area contributed by atoms with Gasteiger partial charge in [0.15, 0.2) is 10.9 Å². The number of aryl methyl sites for hydroxylation is 1. The number of nitrogens with zero attached hydrogens (tertiary/aromatic N) is 1. The number of furan rings is 1. The topological polar surface area (TPSA) is 55.1 Å². The Bertz CT molecular complexity index is 1080. The van der Waals surface area contributed by atoms with Gasteiger partial charge >= 0.3 is 0 Å². The molecule has 1 N–H and O–H groups in total. The second-order valence-corrected chi connectivity index (χ2v) is 7.49. The first-order valence-electron chi connectivity index (χ1n) is 8.09. The van der Waals surface area contributed by atoms with E-state index in [2.05, 4.69) is 10.3 Å². The highest BCUT2D eigenvalue weighted by atomic mass is 35.5. The minimum atomic E-state index is -0.286. The zero-order valence-electron chi connectivity index (χ0n) is 14.0. The van der Waals surface area contributed by atoms with Crippen molar-refractivity contribution in [1.29, 1.82) is 0 Å². The summed E-state index contributed by atoms with van der Waals surface area (Å²) in [5.41, 5.74) is 2.68. The molecule has 0 saturated heterocycles. The number of nitrogens with one attached hydrogen (secondary N) is 1. The lowest BCUT2D eigenvalue weighted by molar-refractivity contribution is 0.0998. The van der Waals surface area contributed by atoms with E-state index in [9.17, 15) is 4.79 Å². The fourth-order valence-electron chi connectivity index (χ4n) is 2.80. The van der Waals surface area contributed by atoms with E-state index in [0.29, 0.717) is 21.5 Å². The molecule has 0 saturated carbocycles. The van der Waals surface area contributed by atoms with E-state index >= 15 is 0 Å². The van der Waals surface area contributed by atoms with Gasteiger partial charge in [-0.3, -0.25) is 10.1 Å². The average molecular weight is 383 g/mol. The number of hydrogen-bond acceptors (Lipinski definition) is 4. The molecule has 0 aliphatic rings. The second-order valence-electron chi connectivity index (χ2n) is 5.94. The fourth-order valence-corrected chi connectivity index (χ4v) is 3.76.